The van der Waals surface area contributed by atoms with Gasteiger partial charge in [0, 0.05) is 12.5 Å². The molecule has 1 aromatic heterocycles. The van der Waals surface area contributed by atoms with Crippen LogP contribution in [0.15, 0.2) is 4.52 Å². The van der Waals surface area contributed by atoms with Gasteiger partial charge in [0.05, 0.1) is 5.92 Å². The summed E-state index contributed by atoms with van der Waals surface area (Å²) in [5.74, 6) is 3.60. The second kappa shape index (κ2) is 4.17. The van der Waals surface area contributed by atoms with Gasteiger partial charge in [0.15, 0.2) is 5.82 Å². The van der Waals surface area contributed by atoms with Crippen LogP contribution in [0.3, 0.4) is 0 Å². The van der Waals surface area contributed by atoms with Crippen molar-refractivity contribution in [3.8, 4) is 0 Å². The Bertz CT molecular complexity index is 357. The lowest BCUT2D eigenvalue weighted by Gasteiger charge is -2.02. The van der Waals surface area contributed by atoms with E-state index in [2.05, 4.69) is 22.4 Å². The molecular formula is C12H19N3O. The summed E-state index contributed by atoms with van der Waals surface area (Å²) < 4.78 is 5.40. The summed E-state index contributed by atoms with van der Waals surface area (Å²) in [6, 6.07) is 0. The quantitative estimate of drug-likeness (QED) is 0.830. The number of aromatic nitrogens is 2. The molecule has 2 fully saturated rings. The van der Waals surface area contributed by atoms with Crippen LogP contribution in [0.1, 0.15) is 56.2 Å². The summed E-state index contributed by atoms with van der Waals surface area (Å²) in [4.78, 5) is 4.59. The molecule has 0 aromatic carbocycles. The van der Waals surface area contributed by atoms with Gasteiger partial charge in [-0.05, 0) is 38.1 Å². The summed E-state index contributed by atoms with van der Waals surface area (Å²) in [5, 5.41) is 7.49. The summed E-state index contributed by atoms with van der Waals surface area (Å²) in [6.45, 7) is 4.37. The van der Waals surface area contributed by atoms with E-state index in [9.17, 15) is 0 Å². The minimum absolute atomic E-state index is 0.445. The zero-order valence-electron chi connectivity index (χ0n) is 9.78. The summed E-state index contributed by atoms with van der Waals surface area (Å²) in [7, 11) is 0. The van der Waals surface area contributed by atoms with Crippen molar-refractivity contribution in [1.82, 2.24) is 15.5 Å². The Morgan fingerprint density at radius 2 is 2.19 bits per heavy atom. The predicted molar refractivity (Wildman–Crippen MR) is 60.3 cm³/mol. The van der Waals surface area contributed by atoms with Crippen molar-refractivity contribution < 1.29 is 4.52 Å². The highest BCUT2D eigenvalue weighted by atomic mass is 16.5. The molecule has 16 heavy (non-hydrogen) atoms. The first-order valence-corrected chi connectivity index (χ1v) is 6.37. The molecule has 1 aliphatic carbocycles. The zero-order valence-corrected chi connectivity index (χ0v) is 9.78. The van der Waals surface area contributed by atoms with Crippen molar-refractivity contribution in [3.63, 3.8) is 0 Å². The number of nitrogens with zero attached hydrogens (tertiary/aromatic N) is 2. The van der Waals surface area contributed by atoms with Crippen molar-refractivity contribution in [1.29, 1.82) is 0 Å². The van der Waals surface area contributed by atoms with Gasteiger partial charge >= 0.3 is 0 Å². The molecule has 0 bridgehead atoms. The lowest BCUT2D eigenvalue weighted by molar-refractivity contribution is 0.352. The maximum absolute atomic E-state index is 5.40. The maximum Gasteiger partial charge on any atom is 0.231 e. The van der Waals surface area contributed by atoms with Gasteiger partial charge < -0.3 is 9.84 Å². The molecule has 1 saturated carbocycles. The fourth-order valence-electron chi connectivity index (χ4n) is 2.89. The highest BCUT2D eigenvalue weighted by molar-refractivity contribution is 5.03. The molecule has 88 valence electrons. The Labute approximate surface area is 95.8 Å². The molecule has 1 saturated heterocycles. The average molecular weight is 221 g/mol. The molecule has 2 heterocycles. The molecule has 1 aliphatic heterocycles. The maximum atomic E-state index is 5.40. The molecular weight excluding hydrogens is 202 g/mol. The number of nitrogens with one attached hydrogen (secondary N) is 1. The molecule has 1 N–H and O–H groups in total. The SMILES string of the molecule is CC1CCC(c2noc(C3CCNC3)n2)C1. The first-order chi connectivity index (χ1) is 7.83. The monoisotopic (exact) mass is 221 g/mol. The molecule has 4 heteroatoms. The number of rotatable bonds is 2. The summed E-state index contributed by atoms with van der Waals surface area (Å²) in [6.07, 6.45) is 4.88. The Balaban J connectivity index is 1.72. The minimum Gasteiger partial charge on any atom is -0.339 e. The van der Waals surface area contributed by atoms with Crippen LogP contribution in [0.5, 0.6) is 0 Å². The van der Waals surface area contributed by atoms with Gasteiger partial charge in [0.25, 0.3) is 0 Å². The summed E-state index contributed by atoms with van der Waals surface area (Å²) in [5.41, 5.74) is 0. The highest BCUT2D eigenvalue weighted by Crippen LogP contribution is 2.37. The Hall–Kier alpha value is -0.900. The Morgan fingerprint density at radius 1 is 1.25 bits per heavy atom. The van der Waals surface area contributed by atoms with Crippen molar-refractivity contribution in [2.24, 2.45) is 5.92 Å². The fraction of sp³-hybridized carbons (Fsp3) is 0.833. The van der Waals surface area contributed by atoms with Crippen LogP contribution in [0.25, 0.3) is 0 Å². The molecule has 3 rings (SSSR count). The average Bonchev–Trinajstić information content (AvgIpc) is 2.97. The standard InChI is InChI=1S/C12H19N3O/c1-8-2-3-9(6-8)11-14-12(16-15-11)10-4-5-13-7-10/h8-10,13H,2-7H2,1H3. The molecule has 0 amide bonds. The van der Waals surface area contributed by atoms with E-state index in [0.717, 1.165) is 37.1 Å². The lowest BCUT2D eigenvalue weighted by atomic mass is 10.1. The second-order valence-electron chi connectivity index (χ2n) is 5.30. The van der Waals surface area contributed by atoms with Crippen molar-refractivity contribution >= 4 is 0 Å². The van der Waals surface area contributed by atoms with Gasteiger partial charge in [-0.3, -0.25) is 0 Å². The van der Waals surface area contributed by atoms with Crippen LogP contribution in [0.4, 0.5) is 0 Å². The topological polar surface area (TPSA) is 51.0 Å². The van der Waals surface area contributed by atoms with E-state index in [1.54, 1.807) is 0 Å². The van der Waals surface area contributed by atoms with Gasteiger partial charge in [-0.15, -0.1) is 0 Å². The molecule has 3 atom stereocenters. The van der Waals surface area contributed by atoms with E-state index < -0.39 is 0 Å². The molecule has 3 unspecified atom stereocenters. The van der Waals surface area contributed by atoms with Gasteiger partial charge in [-0.2, -0.15) is 4.98 Å². The smallest absolute Gasteiger partial charge is 0.231 e. The summed E-state index contributed by atoms with van der Waals surface area (Å²) >= 11 is 0. The lowest BCUT2D eigenvalue weighted by Crippen LogP contribution is -2.08. The van der Waals surface area contributed by atoms with Gasteiger partial charge in [-0.25, -0.2) is 0 Å². The van der Waals surface area contributed by atoms with Crippen molar-refractivity contribution in [2.45, 2.75) is 44.4 Å². The normalized spacial score (nSPS) is 34.7. The van der Waals surface area contributed by atoms with E-state index >= 15 is 0 Å². The van der Waals surface area contributed by atoms with E-state index in [4.69, 9.17) is 4.52 Å². The molecule has 4 nitrogen and oxygen atoms in total. The van der Waals surface area contributed by atoms with Crippen molar-refractivity contribution in [3.05, 3.63) is 11.7 Å². The van der Waals surface area contributed by atoms with E-state index in [1.807, 2.05) is 0 Å². The van der Waals surface area contributed by atoms with Crippen LogP contribution in [0.2, 0.25) is 0 Å². The number of hydrogen-bond acceptors (Lipinski definition) is 4. The van der Waals surface area contributed by atoms with Crippen LogP contribution in [-0.2, 0) is 0 Å². The second-order valence-corrected chi connectivity index (χ2v) is 5.30. The van der Waals surface area contributed by atoms with Crippen LogP contribution in [0, 0.1) is 5.92 Å². The zero-order chi connectivity index (χ0) is 11.0. The van der Waals surface area contributed by atoms with Crippen molar-refractivity contribution in [2.75, 3.05) is 13.1 Å². The molecule has 1 aromatic rings. The van der Waals surface area contributed by atoms with E-state index in [-0.39, 0.29) is 0 Å². The van der Waals surface area contributed by atoms with Crippen LogP contribution >= 0.6 is 0 Å². The third kappa shape index (κ3) is 1.86. The Kier molecular flexibility index (Phi) is 2.67. The van der Waals surface area contributed by atoms with E-state index in [1.165, 1.54) is 19.3 Å². The molecule has 0 radical (unpaired) electrons. The molecule has 2 aliphatic rings. The number of hydrogen-bond donors (Lipinski definition) is 1. The highest BCUT2D eigenvalue weighted by Gasteiger charge is 2.29. The third-order valence-corrected chi connectivity index (χ3v) is 3.93. The molecule has 0 spiro atoms. The van der Waals surface area contributed by atoms with Gasteiger partial charge in [0.1, 0.15) is 0 Å². The van der Waals surface area contributed by atoms with Gasteiger partial charge in [0.2, 0.25) is 5.89 Å². The van der Waals surface area contributed by atoms with Crippen LogP contribution < -0.4 is 5.32 Å². The van der Waals surface area contributed by atoms with Crippen LogP contribution in [-0.4, -0.2) is 23.2 Å². The van der Waals surface area contributed by atoms with E-state index in [0.29, 0.717) is 11.8 Å². The fourth-order valence-corrected chi connectivity index (χ4v) is 2.89. The third-order valence-electron chi connectivity index (χ3n) is 3.93. The Morgan fingerprint density at radius 3 is 2.88 bits per heavy atom. The first kappa shape index (κ1) is 10.3. The first-order valence-electron chi connectivity index (χ1n) is 6.37. The predicted octanol–water partition coefficient (Wildman–Crippen LogP) is 2.05. The minimum atomic E-state index is 0.445. The van der Waals surface area contributed by atoms with Gasteiger partial charge in [-0.1, -0.05) is 12.1 Å². The largest absolute Gasteiger partial charge is 0.339 e.